The summed E-state index contributed by atoms with van der Waals surface area (Å²) in [4.78, 5) is 0.315. The smallest absolute Gasteiger partial charge is 0.219 e. The standard InChI is InChI=1S/C4H7N3O2/c1-3-4(2-5)7(8)9-6-3/h2,5H2,1H3. The molecule has 0 aliphatic carbocycles. The summed E-state index contributed by atoms with van der Waals surface area (Å²) in [5.41, 5.74) is 6.11. The topological polar surface area (TPSA) is 79.0 Å². The fraction of sp³-hybridized carbons (Fsp3) is 0.500. The van der Waals surface area contributed by atoms with Crippen LogP contribution in [0.15, 0.2) is 4.63 Å². The first kappa shape index (κ1) is 6.03. The normalized spacial score (nSPS) is 10.0. The van der Waals surface area contributed by atoms with E-state index >= 15 is 0 Å². The van der Waals surface area contributed by atoms with E-state index in [1.807, 2.05) is 0 Å². The summed E-state index contributed by atoms with van der Waals surface area (Å²) in [6, 6.07) is 0. The quantitative estimate of drug-likeness (QED) is 0.497. The van der Waals surface area contributed by atoms with E-state index in [2.05, 4.69) is 9.79 Å². The number of rotatable bonds is 1. The van der Waals surface area contributed by atoms with Gasteiger partial charge < -0.3 is 10.9 Å². The van der Waals surface area contributed by atoms with Gasteiger partial charge in [-0.05, 0) is 4.90 Å². The van der Waals surface area contributed by atoms with Gasteiger partial charge in [0, 0.05) is 12.1 Å². The van der Waals surface area contributed by atoms with E-state index in [0.29, 0.717) is 16.3 Å². The lowest BCUT2D eigenvalue weighted by molar-refractivity contribution is -0.807. The average Bonchev–Trinajstić information content (AvgIpc) is 2.12. The fourth-order valence-corrected chi connectivity index (χ4v) is 0.555. The van der Waals surface area contributed by atoms with Crippen molar-refractivity contribution in [3.05, 3.63) is 16.6 Å². The van der Waals surface area contributed by atoms with E-state index < -0.39 is 0 Å². The maximum absolute atomic E-state index is 10.5. The Hall–Kier alpha value is -1.10. The van der Waals surface area contributed by atoms with Crippen LogP contribution in [0, 0.1) is 12.1 Å². The first-order chi connectivity index (χ1) is 4.25. The van der Waals surface area contributed by atoms with Gasteiger partial charge >= 0.3 is 0 Å². The zero-order valence-electron chi connectivity index (χ0n) is 5.00. The lowest BCUT2D eigenvalue weighted by atomic mass is 10.3. The molecule has 0 radical (unpaired) electrons. The van der Waals surface area contributed by atoms with Crippen LogP contribution in [0.2, 0.25) is 0 Å². The first-order valence-corrected chi connectivity index (χ1v) is 2.51. The van der Waals surface area contributed by atoms with Gasteiger partial charge in [0.05, 0.1) is 6.54 Å². The van der Waals surface area contributed by atoms with Crippen molar-refractivity contribution < 1.29 is 9.53 Å². The molecule has 9 heavy (non-hydrogen) atoms. The number of aromatic nitrogens is 2. The Morgan fingerprint density at radius 1 is 1.89 bits per heavy atom. The van der Waals surface area contributed by atoms with Gasteiger partial charge in [-0.3, -0.25) is 4.63 Å². The predicted octanol–water partition coefficient (Wildman–Crippen LogP) is -0.925. The van der Waals surface area contributed by atoms with Crippen LogP contribution < -0.4 is 10.6 Å². The monoisotopic (exact) mass is 129 g/mol. The number of hydrogen-bond donors (Lipinski definition) is 1. The molecule has 2 N–H and O–H groups in total. The Kier molecular flexibility index (Phi) is 1.35. The van der Waals surface area contributed by atoms with Gasteiger partial charge in [0.1, 0.15) is 0 Å². The van der Waals surface area contributed by atoms with Crippen molar-refractivity contribution in [1.29, 1.82) is 0 Å². The van der Waals surface area contributed by atoms with E-state index in [4.69, 9.17) is 5.73 Å². The molecule has 0 saturated heterocycles. The van der Waals surface area contributed by atoms with Crippen LogP contribution in [0.1, 0.15) is 11.4 Å². The highest BCUT2D eigenvalue weighted by atomic mass is 16.8. The van der Waals surface area contributed by atoms with E-state index in [0.717, 1.165) is 0 Å². The second-order valence-corrected chi connectivity index (χ2v) is 1.67. The lowest BCUT2D eigenvalue weighted by Gasteiger charge is -1.87. The second kappa shape index (κ2) is 2.02. The highest BCUT2D eigenvalue weighted by molar-refractivity contribution is 4.98. The van der Waals surface area contributed by atoms with Crippen molar-refractivity contribution in [2.75, 3.05) is 0 Å². The van der Waals surface area contributed by atoms with Crippen LogP contribution in [0.5, 0.6) is 0 Å². The third kappa shape index (κ3) is 0.857. The summed E-state index contributed by atoms with van der Waals surface area (Å²) < 4.78 is 4.22. The van der Waals surface area contributed by atoms with Gasteiger partial charge in [0.2, 0.25) is 11.4 Å². The molecule has 0 bridgehead atoms. The molecular formula is C4H7N3O2. The van der Waals surface area contributed by atoms with Gasteiger partial charge in [-0.1, -0.05) is 0 Å². The van der Waals surface area contributed by atoms with Crippen LogP contribution in [0.25, 0.3) is 0 Å². The molecular weight excluding hydrogens is 122 g/mol. The molecule has 5 heteroatoms. The molecule has 50 valence electrons. The van der Waals surface area contributed by atoms with Crippen molar-refractivity contribution in [1.82, 2.24) is 5.16 Å². The average molecular weight is 129 g/mol. The Morgan fingerprint density at radius 3 is 2.78 bits per heavy atom. The van der Waals surface area contributed by atoms with E-state index in [-0.39, 0.29) is 6.54 Å². The number of nitrogens with two attached hydrogens (primary N) is 1. The predicted molar refractivity (Wildman–Crippen MR) is 28.1 cm³/mol. The number of aryl methyl sites for hydroxylation is 1. The summed E-state index contributed by atoms with van der Waals surface area (Å²) in [5.74, 6) is 0. The molecule has 1 aromatic rings. The van der Waals surface area contributed by atoms with Crippen molar-refractivity contribution >= 4 is 0 Å². The van der Waals surface area contributed by atoms with E-state index in [1.165, 1.54) is 0 Å². The Labute approximate surface area is 51.6 Å². The van der Waals surface area contributed by atoms with Crippen molar-refractivity contribution in [3.63, 3.8) is 0 Å². The second-order valence-electron chi connectivity index (χ2n) is 1.67. The van der Waals surface area contributed by atoms with Gasteiger partial charge in [0.15, 0.2) is 0 Å². The molecule has 0 aliphatic heterocycles. The summed E-state index contributed by atoms with van der Waals surface area (Å²) in [5, 5.41) is 13.9. The van der Waals surface area contributed by atoms with Gasteiger partial charge in [0.25, 0.3) is 0 Å². The summed E-state index contributed by atoms with van der Waals surface area (Å²) in [6.45, 7) is 1.83. The minimum Gasteiger partial charge on any atom is -0.359 e. The van der Waals surface area contributed by atoms with E-state index in [9.17, 15) is 5.21 Å². The molecule has 0 spiro atoms. The van der Waals surface area contributed by atoms with Gasteiger partial charge in [-0.15, -0.1) is 0 Å². The molecule has 0 aliphatic rings. The molecule has 1 heterocycles. The lowest BCUT2D eigenvalue weighted by Crippen LogP contribution is -2.30. The van der Waals surface area contributed by atoms with Crippen molar-refractivity contribution in [2.45, 2.75) is 13.5 Å². The number of hydrogen-bond acceptors (Lipinski definition) is 4. The molecule has 0 fully saturated rings. The molecule has 0 saturated carbocycles. The van der Waals surface area contributed by atoms with Gasteiger partial charge in [-0.25, -0.2) is 0 Å². The highest BCUT2D eigenvalue weighted by Gasteiger charge is 2.10. The minimum atomic E-state index is 0.166. The molecule has 1 rings (SSSR count). The minimum absolute atomic E-state index is 0.166. The van der Waals surface area contributed by atoms with Crippen molar-refractivity contribution in [2.24, 2.45) is 5.73 Å². The van der Waals surface area contributed by atoms with Crippen LogP contribution in [0.3, 0.4) is 0 Å². The van der Waals surface area contributed by atoms with Crippen LogP contribution in [-0.4, -0.2) is 5.16 Å². The maximum atomic E-state index is 10.5. The molecule has 0 unspecified atom stereocenters. The van der Waals surface area contributed by atoms with Gasteiger partial charge in [-0.2, -0.15) is 0 Å². The van der Waals surface area contributed by atoms with Crippen LogP contribution in [-0.2, 0) is 6.54 Å². The Morgan fingerprint density at radius 2 is 2.56 bits per heavy atom. The maximum Gasteiger partial charge on any atom is 0.219 e. The first-order valence-electron chi connectivity index (χ1n) is 2.51. The fourth-order valence-electron chi connectivity index (χ4n) is 0.555. The van der Waals surface area contributed by atoms with Crippen molar-refractivity contribution in [3.8, 4) is 0 Å². The molecule has 0 aromatic carbocycles. The third-order valence-corrected chi connectivity index (χ3v) is 1.08. The largest absolute Gasteiger partial charge is 0.359 e. The Balaban J connectivity index is 3.07. The molecule has 5 nitrogen and oxygen atoms in total. The van der Waals surface area contributed by atoms with E-state index in [1.54, 1.807) is 6.92 Å². The molecule has 1 aromatic heterocycles. The number of nitrogens with zero attached hydrogens (tertiary/aromatic N) is 2. The summed E-state index contributed by atoms with van der Waals surface area (Å²) in [7, 11) is 0. The summed E-state index contributed by atoms with van der Waals surface area (Å²) >= 11 is 0. The SMILES string of the molecule is Cc1no[n+]([O-])c1CN. The Bertz CT molecular complexity index is 188. The highest BCUT2D eigenvalue weighted by Crippen LogP contribution is 1.94. The summed E-state index contributed by atoms with van der Waals surface area (Å²) in [6.07, 6.45) is 0. The zero-order chi connectivity index (χ0) is 6.85. The molecule has 0 atom stereocenters. The third-order valence-electron chi connectivity index (χ3n) is 1.08. The van der Waals surface area contributed by atoms with Crippen LogP contribution >= 0.6 is 0 Å². The zero-order valence-corrected chi connectivity index (χ0v) is 5.00. The van der Waals surface area contributed by atoms with Crippen LogP contribution in [0.4, 0.5) is 0 Å². The molecule has 0 amide bonds.